The average Bonchev–Trinajstić information content (AvgIpc) is 2.49. The van der Waals surface area contributed by atoms with Crippen molar-refractivity contribution in [3.8, 4) is 0 Å². The van der Waals surface area contributed by atoms with Crippen molar-refractivity contribution in [2.75, 3.05) is 17.3 Å². The molecule has 1 aliphatic rings. The van der Waals surface area contributed by atoms with E-state index in [2.05, 4.69) is 0 Å². The van der Waals surface area contributed by atoms with Crippen LogP contribution in [0.4, 0.5) is 0 Å². The minimum atomic E-state index is -1.21. The Hall–Kier alpha value is -0.150. The molecule has 0 saturated carbocycles. The second-order valence-electron chi connectivity index (χ2n) is 3.95. The van der Waals surface area contributed by atoms with Crippen LogP contribution >= 0.6 is 11.8 Å². The van der Waals surface area contributed by atoms with Crippen LogP contribution in [0.1, 0.15) is 6.42 Å². The van der Waals surface area contributed by atoms with Crippen molar-refractivity contribution in [3.05, 3.63) is 0 Å². The molecule has 0 aromatic carbocycles. The van der Waals surface area contributed by atoms with Gasteiger partial charge in [-0.2, -0.15) is 11.8 Å². The molecule has 6 nitrogen and oxygen atoms in total. The lowest BCUT2D eigenvalue weighted by molar-refractivity contribution is -0.138. The molecule has 0 spiro atoms. The number of rotatable bonds is 6. The van der Waals surface area contributed by atoms with Gasteiger partial charge in [0.2, 0.25) is 0 Å². The number of carboxylic acid groups (broad SMARTS) is 1. The van der Waals surface area contributed by atoms with Crippen molar-refractivity contribution in [1.82, 2.24) is 0 Å². The lowest BCUT2D eigenvalue weighted by Crippen LogP contribution is -2.32. The molecule has 1 aliphatic heterocycles. The van der Waals surface area contributed by atoms with E-state index in [1.165, 1.54) is 11.8 Å². The summed E-state index contributed by atoms with van der Waals surface area (Å²) >= 11 is 1.40. The van der Waals surface area contributed by atoms with Crippen LogP contribution < -0.4 is 5.73 Å². The number of hydrogen-bond acceptors (Lipinski definition) is 6. The Morgan fingerprint density at radius 3 is 2.65 bits per heavy atom. The van der Waals surface area contributed by atoms with E-state index in [-0.39, 0.29) is 5.75 Å². The van der Waals surface area contributed by atoms with Crippen molar-refractivity contribution < 1.29 is 24.3 Å². The van der Waals surface area contributed by atoms with Gasteiger partial charge in [-0.3, -0.25) is 9.00 Å². The Labute approximate surface area is 106 Å². The largest absolute Gasteiger partial charge is 0.480 e. The summed E-state index contributed by atoms with van der Waals surface area (Å²) in [6, 6.07) is -0.882. The Balaban J connectivity index is 2.23. The standard InChI is InChI=1S/C9H17NO5S2/c10-5(9(13)14)1-2-16-3-7-8(12)6(11)4-17(7)15/h5-8,11-12H,1-4,10H2,(H,13,14)/t5?,6-,7-,8-,17?/m0/s1. The third-order valence-electron chi connectivity index (χ3n) is 2.62. The van der Waals surface area contributed by atoms with Gasteiger partial charge in [-0.25, -0.2) is 0 Å². The Kier molecular flexibility index (Phi) is 5.87. The number of carboxylic acids is 1. The molecule has 1 rings (SSSR count). The molecule has 8 heteroatoms. The molecule has 17 heavy (non-hydrogen) atoms. The van der Waals surface area contributed by atoms with Gasteiger partial charge in [0.1, 0.15) is 6.04 Å². The third kappa shape index (κ3) is 4.22. The van der Waals surface area contributed by atoms with Gasteiger partial charge in [-0.15, -0.1) is 0 Å². The summed E-state index contributed by atoms with van der Waals surface area (Å²) < 4.78 is 11.5. The lowest BCUT2D eigenvalue weighted by atomic mass is 10.2. The van der Waals surface area contributed by atoms with E-state index in [4.69, 9.17) is 10.8 Å². The second kappa shape index (κ2) is 6.69. The first kappa shape index (κ1) is 14.9. The molecular weight excluding hydrogens is 266 g/mol. The van der Waals surface area contributed by atoms with Gasteiger partial charge in [0.05, 0.1) is 23.2 Å². The van der Waals surface area contributed by atoms with Crippen molar-refractivity contribution in [2.24, 2.45) is 5.73 Å². The summed E-state index contributed by atoms with van der Waals surface area (Å²) in [5.74, 6) is 0.0489. The molecule has 0 aromatic heterocycles. The molecule has 1 fully saturated rings. The molecule has 0 bridgehead atoms. The van der Waals surface area contributed by atoms with E-state index < -0.39 is 40.3 Å². The summed E-state index contributed by atoms with van der Waals surface area (Å²) in [5, 5.41) is 27.0. The van der Waals surface area contributed by atoms with Crippen molar-refractivity contribution >= 4 is 28.5 Å². The predicted octanol–water partition coefficient (Wildman–Crippen LogP) is -1.63. The zero-order chi connectivity index (χ0) is 13.0. The lowest BCUT2D eigenvalue weighted by Gasteiger charge is -2.14. The summed E-state index contributed by atoms with van der Waals surface area (Å²) in [7, 11) is -1.21. The van der Waals surface area contributed by atoms with Crippen LogP contribution in [0.2, 0.25) is 0 Å². The van der Waals surface area contributed by atoms with E-state index in [0.29, 0.717) is 17.9 Å². The first-order valence-corrected chi connectivity index (χ1v) is 7.76. The van der Waals surface area contributed by atoms with Gasteiger partial charge in [0, 0.05) is 16.6 Å². The number of nitrogens with two attached hydrogens (primary N) is 1. The molecular formula is C9H17NO5S2. The van der Waals surface area contributed by atoms with Gasteiger partial charge >= 0.3 is 5.97 Å². The van der Waals surface area contributed by atoms with E-state index >= 15 is 0 Å². The fraction of sp³-hybridized carbons (Fsp3) is 0.889. The van der Waals surface area contributed by atoms with E-state index in [1.807, 2.05) is 0 Å². The Morgan fingerprint density at radius 2 is 2.18 bits per heavy atom. The maximum absolute atomic E-state index is 11.5. The number of thioether (sulfide) groups is 1. The maximum atomic E-state index is 11.5. The highest BCUT2D eigenvalue weighted by Crippen LogP contribution is 2.22. The maximum Gasteiger partial charge on any atom is 0.320 e. The first-order valence-electron chi connectivity index (χ1n) is 5.23. The average molecular weight is 283 g/mol. The number of hydrogen-bond donors (Lipinski definition) is 4. The number of carbonyl (C=O) groups is 1. The summed E-state index contributed by atoms with van der Waals surface area (Å²) in [4.78, 5) is 10.4. The minimum Gasteiger partial charge on any atom is -0.480 e. The van der Waals surface area contributed by atoms with Crippen LogP contribution in [0, 0.1) is 0 Å². The van der Waals surface area contributed by atoms with Crippen LogP contribution in [0.25, 0.3) is 0 Å². The molecule has 0 radical (unpaired) electrons. The quantitative estimate of drug-likeness (QED) is 0.432. The monoisotopic (exact) mass is 283 g/mol. The van der Waals surface area contributed by atoms with Crippen LogP contribution in [0.3, 0.4) is 0 Å². The van der Waals surface area contributed by atoms with E-state index in [1.54, 1.807) is 0 Å². The first-order chi connectivity index (χ1) is 7.93. The molecule has 1 heterocycles. The highest BCUT2D eigenvalue weighted by atomic mass is 32.2. The fourth-order valence-electron chi connectivity index (χ4n) is 1.50. The summed E-state index contributed by atoms with van der Waals surface area (Å²) in [5.41, 5.74) is 5.33. The summed E-state index contributed by atoms with van der Waals surface area (Å²) in [6.45, 7) is 0. The number of aliphatic carboxylic acids is 1. The highest BCUT2D eigenvalue weighted by Gasteiger charge is 2.39. The highest BCUT2D eigenvalue weighted by molar-refractivity contribution is 8.00. The normalized spacial score (nSPS) is 34.8. The zero-order valence-corrected chi connectivity index (χ0v) is 10.8. The van der Waals surface area contributed by atoms with Crippen molar-refractivity contribution in [2.45, 2.75) is 29.9 Å². The topological polar surface area (TPSA) is 121 Å². The van der Waals surface area contributed by atoms with E-state index in [0.717, 1.165) is 0 Å². The van der Waals surface area contributed by atoms with Crippen molar-refractivity contribution in [1.29, 1.82) is 0 Å². The van der Waals surface area contributed by atoms with Gasteiger partial charge in [-0.05, 0) is 12.2 Å². The van der Waals surface area contributed by atoms with Crippen LogP contribution in [-0.2, 0) is 15.6 Å². The van der Waals surface area contributed by atoms with Gasteiger partial charge in [0.25, 0.3) is 0 Å². The Bertz CT molecular complexity index is 301. The molecule has 1 saturated heterocycles. The smallest absolute Gasteiger partial charge is 0.320 e. The number of aliphatic hydroxyl groups is 2. The number of aliphatic hydroxyl groups excluding tert-OH is 2. The molecule has 5 N–H and O–H groups in total. The van der Waals surface area contributed by atoms with Crippen LogP contribution in [-0.4, -0.2) is 66.3 Å². The van der Waals surface area contributed by atoms with Gasteiger partial charge in [0.15, 0.2) is 0 Å². The van der Waals surface area contributed by atoms with Crippen molar-refractivity contribution in [3.63, 3.8) is 0 Å². The molecule has 2 unspecified atom stereocenters. The minimum absolute atomic E-state index is 0.112. The van der Waals surface area contributed by atoms with E-state index in [9.17, 15) is 19.2 Å². The van der Waals surface area contributed by atoms with Gasteiger partial charge in [-0.1, -0.05) is 0 Å². The zero-order valence-electron chi connectivity index (χ0n) is 9.19. The Morgan fingerprint density at radius 1 is 1.53 bits per heavy atom. The SMILES string of the molecule is NC(CCSC[C@H]1[C@@H](O)[C@@H](O)CS1=O)C(=O)O. The molecule has 0 aromatic rings. The molecule has 0 amide bonds. The van der Waals surface area contributed by atoms with Gasteiger partial charge < -0.3 is 21.1 Å². The van der Waals surface area contributed by atoms with Crippen LogP contribution in [0.5, 0.6) is 0 Å². The predicted molar refractivity (Wildman–Crippen MR) is 66.4 cm³/mol. The summed E-state index contributed by atoms with van der Waals surface area (Å²) in [6.07, 6.45) is -1.53. The fourth-order valence-corrected chi connectivity index (χ4v) is 4.69. The second-order valence-corrected chi connectivity index (χ2v) is 6.80. The third-order valence-corrected chi connectivity index (χ3v) is 5.74. The molecule has 100 valence electrons. The molecule has 5 atom stereocenters. The van der Waals surface area contributed by atoms with Crippen LogP contribution in [0.15, 0.2) is 0 Å². The molecule has 0 aliphatic carbocycles.